The lowest BCUT2D eigenvalue weighted by molar-refractivity contribution is 0.241. The Bertz CT molecular complexity index is 1130. The Balaban J connectivity index is 1.63. The number of nitrogens with zero attached hydrogens (tertiary/aromatic N) is 1. The normalized spacial score (nSPS) is 28.0. The zero-order valence-corrected chi connectivity index (χ0v) is 19.2. The van der Waals surface area contributed by atoms with Crippen molar-refractivity contribution in [2.75, 3.05) is 13.3 Å². The first-order valence-electron chi connectivity index (χ1n) is 9.14. The van der Waals surface area contributed by atoms with Crippen LogP contribution in [0.1, 0.15) is 17.5 Å². The molecule has 5 nitrogen and oxygen atoms in total. The number of fused-ring (bicyclic) bond motifs is 1. The molecule has 1 aliphatic heterocycles. The van der Waals surface area contributed by atoms with Crippen molar-refractivity contribution in [2.45, 2.75) is 28.5 Å². The average molecular weight is 517 g/mol. The van der Waals surface area contributed by atoms with E-state index in [1.807, 2.05) is 6.92 Å². The van der Waals surface area contributed by atoms with Crippen LogP contribution in [0.4, 0.5) is 8.78 Å². The summed E-state index contributed by atoms with van der Waals surface area (Å²) in [4.78, 5) is 4.34. The van der Waals surface area contributed by atoms with Crippen molar-refractivity contribution < 1.29 is 21.4 Å². The molecular weight excluding hydrogens is 498 g/mol. The summed E-state index contributed by atoms with van der Waals surface area (Å²) >= 11 is 4.45. The molecule has 0 amide bonds. The third kappa shape index (κ3) is 3.68. The molecule has 0 radical (unpaired) electrons. The van der Waals surface area contributed by atoms with E-state index in [9.17, 15) is 17.2 Å². The molecule has 10 heteroatoms. The maximum Gasteiger partial charge on any atom is 0.297 e. The molecule has 2 aromatic rings. The van der Waals surface area contributed by atoms with Crippen LogP contribution in [-0.2, 0) is 19.8 Å². The van der Waals surface area contributed by atoms with Crippen molar-refractivity contribution in [3.8, 4) is 0 Å². The predicted octanol–water partition coefficient (Wildman–Crippen LogP) is 4.29. The molecule has 2 aromatic carbocycles. The summed E-state index contributed by atoms with van der Waals surface area (Å²) in [5.74, 6) is -1.04. The average Bonchev–Trinajstić information content (AvgIpc) is 3.43. The molecule has 1 saturated carbocycles. The Kier molecular flexibility index (Phi) is 5.49. The first kappa shape index (κ1) is 21.7. The van der Waals surface area contributed by atoms with Crippen molar-refractivity contribution in [3.05, 3.63) is 63.9 Å². The quantitative estimate of drug-likeness (QED) is 0.579. The van der Waals surface area contributed by atoms with E-state index in [1.54, 1.807) is 12.1 Å². The highest BCUT2D eigenvalue weighted by Gasteiger charge is 2.69. The molecule has 0 saturated heterocycles. The van der Waals surface area contributed by atoms with Gasteiger partial charge >= 0.3 is 0 Å². The Morgan fingerprint density at radius 1 is 1.30 bits per heavy atom. The molecule has 4 rings (SSSR count). The molecule has 0 unspecified atom stereocenters. The van der Waals surface area contributed by atoms with Crippen LogP contribution in [0.5, 0.6) is 0 Å². The van der Waals surface area contributed by atoms with E-state index in [-0.39, 0.29) is 22.2 Å². The number of rotatable bonds is 6. The van der Waals surface area contributed by atoms with Gasteiger partial charge in [0.15, 0.2) is 5.17 Å². The second kappa shape index (κ2) is 7.58. The Hall–Kier alpha value is -1.49. The van der Waals surface area contributed by atoms with Gasteiger partial charge < -0.3 is 5.73 Å². The highest BCUT2D eigenvalue weighted by molar-refractivity contribution is 9.10. The zero-order valence-electron chi connectivity index (χ0n) is 15.9. The minimum absolute atomic E-state index is 0.0407. The molecule has 2 N–H and O–H groups in total. The monoisotopic (exact) mass is 516 g/mol. The molecule has 1 heterocycles. The lowest BCUT2D eigenvalue weighted by atomic mass is 9.85. The summed E-state index contributed by atoms with van der Waals surface area (Å²) in [6.07, 6.45) is 0.404. The zero-order chi connectivity index (χ0) is 21.7. The minimum atomic E-state index is -4.00. The summed E-state index contributed by atoms with van der Waals surface area (Å²) in [7, 11) is -4.00. The molecule has 160 valence electrons. The molecule has 0 aromatic heterocycles. The van der Waals surface area contributed by atoms with Gasteiger partial charge in [-0.2, -0.15) is 8.42 Å². The van der Waals surface area contributed by atoms with Crippen LogP contribution in [0, 0.1) is 18.7 Å². The van der Waals surface area contributed by atoms with Crippen LogP contribution in [0.25, 0.3) is 0 Å². The lowest BCUT2D eigenvalue weighted by Crippen LogP contribution is -2.41. The van der Waals surface area contributed by atoms with Crippen LogP contribution >= 0.6 is 27.7 Å². The van der Waals surface area contributed by atoms with Gasteiger partial charge in [-0.3, -0.25) is 4.18 Å². The van der Waals surface area contributed by atoms with Gasteiger partial charge in [0.05, 0.1) is 16.2 Å². The van der Waals surface area contributed by atoms with Crippen LogP contribution in [-0.4, -0.2) is 31.6 Å². The number of aryl methyl sites for hydroxylation is 1. The first-order chi connectivity index (χ1) is 14.1. The van der Waals surface area contributed by atoms with Crippen molar-refractivity contribution in [2.24, 2.45) is 16.6 Å². The van der Waals surface area contributed by atoms with Gasteiger partial charge in [0.25, 0.3) is 10.1 Å². The molecule has 2 aliphatic rings. The molecule has 3 atom stereocenters. The van der Waals surface area contributed by atoms with Crippen molar-refractivity contribution in [3.63, 3.8) is 0 Å². The van der Waals surface area contributed by atoms with E-state index in [1.165, 1.54) is 30.3 Å². The van der Waals surface area contributed by atoms with E-state index >= 15 is 0 Å². The second-order valence-electron chi connectivity index (χ2n) is 7.59. The van der Waals surface area contributed by atoms with E-state index in [0.717, 1.165) is 17.3 Å². The second-order valence-corrected chi connectivity index (χ2v) is 11.6. The number of amidine groups is 1. The molecule has 0 spiro atoms. The largest absolute Gasteiger partial charge is 0.378 e. The fourth-order valence-corrected chi connectivity index (χ4v) is 6.66. The van der Waals surface area contributed by atoms with Crippen LogP contribution in [0.3, 0.4) is 0 Å². The van der Waals surface area contributed by atoms with Gasteiger partial charge in [-0.15, -0.1) is 0 Å². The van der Waals surface area contributed by atoms with Gasteiger partial charge in [0, 0.05) is 16.0 Å². The van der Waals surface area contributed by atoms with E-state index in [2.05, 4.69) is 20.9 Å². The molecular formula is C20H19BrF2N2O3S2. The van der Waals surface area contributed by atoms with E-state index in [0.29, 0.717) is 10.9 Å². The van der Waals surface area contributed by atoms with Gasteiger partial charge in [-0.1, -0.05) is 45.4 Å². The van der Waals surface area contributed by atoms with Gasteiger partial charge in [-0.05, 0) is 43.7 Å². The number of thioether (sulfide) groups is 1. The third-order valence-electron chi connectivity index (χ3n) is 5.59. The van der Waals surface area contributed by atoms with Gasteiger partial charge in [0.1, 0.15) is 18.0 Å². The molecule has 1 aliphatic carbocycles. The summed E-state index contributed by atoms with van der Waals surface area (Å²) in [6, 6.07) is 10.6. The molecule has 0 bridgehead atoms. The SMILES string of the molecule is Cc1ccc(S(=O)(=O)OC[C@]23C[C@H]2[C@@](CF)(c2cc(Br)ccc2F)N=C(N)S3)cc1. The topological polar surface area (TPSA) is 81.8 Å². The van der Waals surface area contributed by atoms with Crippen molar-refractivity contribution >= 4 is 43.0 Å². The van der Waals surface area contributed by atoms with E-state index in [4.69, 9.17) is 9.92 Å². The molecule has 1 fully saturated rings. The highest BCUT2D eigenvalue weighted by atomic mass is 79.9. The Morgan fingerprint density at radius 2 is 2.00 bits per heavy atom. The predicted molar refractivity (Wildman–Crippen MR) is 116 cm³/mol. The number of alkyl halides is 1. The van der Waals surface area contributed by atoms with Crippen LogP contribution in [0.15, 0.2) is 56.8 Å². The number of aliphatic imine (C=N–C) groups is 1. The summed E-state index contributed by atoms with van der Waals surface area (Å²) in [5.41, 5.74) is 5.49. The highest BCUT2D eigenvalue weighted by Crippen LogP contribution is 2.66. The summed E-state index contributed by atoms with van der Waals surface area (Å²) in [6.45, 7) is 0.689. The summed E-state index contributed by atoms with van der Waals surface area (Å²) < 4.78 is 59.4. The van der Waals surface area contributed by atoms with Gasteiger partial charge in [0.2, 0.25) is 0 Å². The summed E-state index contributed by atoms with van der Waals surface area (Å²) in [5, 5.41) is 0.0807. The van der Waals surface area contributed by atoms with Crippen molar-refractivity contribution in [1.82, 2.24) is 0 Å². The Labute approximate surface area is 186 Å². The maximum absolute atomic E-state index is 14.6. The standard InChI is InChI=1S/C20H19BrF2N2O3S2/c1-12-2-5-14(6-3-12)30(26,27)28-11-19-9-17(19)20(10-22,25-18(24)29-19)15-8-13(21)4-7-16(15)23/h2-8,17H,9-11H2,1H3,(H2,24,25)/t17-,19-,20-/m1/s1. The first-order valence-corrected chi connectivity index (χ1v) is 12.2. The maximum atomic E-state index is 14.6. The third-order valence-corrected chi connectivity index (χ3v) is 8.63. The number of hydrogen-bond donors (Lipinski definition) is 1. The van der Waals surface area contributed by atoms with E-state index < -0.39 is 38.8 Å². The fourth-order valence-electron chi connectivity index (χ4n) is 3.92. The smallest absolute Gasteiger partial charge is 0.297 e. The van der Waals surface area contributed by atoms with Crippen molar-refractivity contribution in [1.29, 1.82) is 0 Å². The van der Waals surface area contributed by atoms with Gasteiger partial charge in [-0.25, -0.2) is 13.8 Å². The number of halogens is 3. The number of benzene rings is 2. The number of nitrogens with two attached hydrogens (primary N) is 1. The minimum Gasteiger partial charge on any atom is -0.378 e. The molecule has 30 heavy (non-hydrogen) atoms. The lowest BCUT2D eigenvalue weighted by Gasteiger charge is -2.35. The number of hydrogen-bond acceptors (Lipinski definition) is 6. The Morgan fingerprint density at radius 3 is 2.67 bits per heavy atom. The van der Waals surface area contributed by atoms with Crippen LogP contribution < -0.4 is 5.73 Å². The van der Waals surface area contributed by atoms with Crippen LogP contribution in [0.2, 0.25) is 0 Å². The fraction of sp³-hybridized carbons (Fsp3) is 0.350.